The summed E-state index contributed by atoms with van der Waals surface area (Å²) < 4.78 is 5.47. The summed E-state index contributed by atoms with van der Waals surface area (Å²) in [5.41, 5.74) is 6.15. The maximum absolute atomic E-state index is 13.2. The molecular weight excluding hydrogens is 470 g/mol. The molecule has 3 aromatic rings. The van der Waals surface area contributed by atoms with Crippen LogP contribution in [0.2, 0.25) is 0 Å². The number of anilines is 1. The zero-order valence-corrected chi connectivity index (χ0v) is 22.2. The molecule has 190 valence electrons. The topological polar surface area (TPSA) is 70.6 Å². The first-order valence-electron chi connectivity index (χ1n) is 12.8. The molecule has 0 spiro atoms. The van der Waals surface area contributed by atoms with Crippen LogP contribution in [0.5, 0.6) is 0 Å². The Bertz CT molecular complexity index is 1190. The molecule has 0 aliphatic carbocycles. The molecule has 2 aliphatic rings. The highest BCUT2D eigenvalue weighted by Gasteiger charge is 2.26. The lowest BCUT2D eigenvalue weighted by atomic mass is 9.96. The molecule has 0 saturated carbocycles. The van der Waals surface area contributed by atoms with Gasteiger partial charge in [0, 0.05) is 49.7 Å². The Labute approximate surface area is 217 Å². The summed E-state index contributed by atoms with van der Waals surface area (Å²) in [6.45, 7) is 12.5. The number of pyridine rings is 1. The van der Waals surface area contributed by atoms with Crippen LogP contribution in [-0.4, -0.2) is 71.7 Å². The van der Waals surface area contributed by atoms with Crippen molar-refractivity contribution < 1.29 is 9.53 Å². The largest absolute Gasteiger partial charge is 0.379 e. The number of benzene rings is 1. The third kappa shape index (κ3) is 5.94. The summed E-state index contributed by atoms with van der Waals surface area (Å²) >= 11 is 1.53. The first kappa shape index (κ1) is 24.9. The molecule has 4 heterocycles. The first-order chi connectivity index (χ1) is 17.4. The van der Waals surface area contributed by atoms with Gasteiger partial charge in [-0.3, -0.25) is 15.2 Å². The van der Waals surface area contributed by atoms with Crippen molar-refractivity contribution in [3.63, 3.8) is 0 Å². The van der Waals surface area contributed by atoms with Crippen LogP contribution < -0.4 is 5.32 Å². The normalized spacial score (nSPS) is 17.4. The predicted molar refractivity (Wildman–Crippen MR) is 146 cm³/mol. The van der Waals surface area contributed by atoms with Crippen molar-refractivity contribution in [1.29, 1.82) is 0 Å². The van der Waals surface area contributed by atoms with Crippen molar-refractivity contribution in [2.45, 2.75) is 33.6 Å². The molecule has 0 atom stereocenters. The molecule has 2 amide bonds. The standard InChI is InChI=1S/C28H35N5O2S/c1-19-5-4-6-23(15-19)25-26(24-16-20(2)29-21(3)17-24)36-27(30-25)31-28(34)33-9-7-22(8-10-33)18-32-11-13-35-14-12-32/h4-6,15-17,22H,7-14,18H2,1-3H3,(H,30,31,34). The number of morpholine rings is 1. The Morgan fingerprint density at radius 1 is 1.00 bits per heavy atom. The van der Waals surface area contributed by atoms with Crippen LogP contribution in [0.25, 0.3) is 21.7 Å². The molecule has 2 fully saturated rings. The van der Waals surface area contributed by atoms with Crippen LogP contribution in [0.4, 0.5) is 9.93 Å². The van der Waals surface area contributed by atoms with E-state index < -0.39 is 0 Å². The summed E-state index contributed by atoms with van der Waals surface area (Å²) in [6.07, 6.45) is 2.08. The average Bonchev–Trinajstić information content (AvgIpc) is 3.28. The number of likely N-dealkylation sites (tertiary alicyclic amines) is 1. The number of piperidine rings is 1. The third-order valence-corrected chi connectivity index (χ3v) is 8.02. The second-order valence-corrected chi connectivity index (χ2v) is 11.0. The van der Waals surface area contributed by atoms with Crippen LogP contribution in [0.1, 0.15) is 29.8 Å². The molecule has 5 rings (SSSR count). The van der Waals surface area contributed by atoms with E-state index in [4.69, 9.17) is 9.72 Å². The van der Waals surface area contributed by atoms with Gasteiger partial charge in [0.2, 0.25) is 0 Å². The quantitative estimate of drug-likeness (QED) is 0.505. The second kappa shape index (κ2) is 11.1. The third-order valence-electron chi connectivity index (χ3n) is 7.00. The van der Waals surface area contributed by atoms with E-state index in [9.17, 15) is 4.79 Å². The number of aromatic nitrogens is 2. The molecule has 2 saturated heterocycles. The minimum Gasteiger partial charge on any atom is -0.379 e. The summed E-state index contributed by atoms with van der Waals surface area (Å²) in [7, 11) is 0. The number of carbonyl (C=O) groups excluding carboxylic acids is 1. The summed E-state index contributed by atoms with van der Waals surface area (Å²) in [4.78, 5) is 28.1. The number of ether oxygens (including phenoxy) is 1. The second-order valence-electron chi connectivity index (χ2n) is 9.98. The number of urea groups is 1. The van der Waals surface area contributed by atoms with E-state index in [1.54, 1.807) is 0 Å². The van der Waals surface area contributed by atoms with E-state index in [0.717, 1.165) is 91.9 Å². The van der Waals surface area contributed by atoms with Gasteiger partial charge in [-0.25, -0.2) is 9.78 Å². The summed E-state index contributed by atoms with van der Waals surface area (Å²) in [5, 5.41) is 3.74. The van der Waals surface area contributed by atoms with Crippen LogP contribution in [0.3, 0.4) is 0 Å². The van der Waals surface area contributed by atoms with Crippen molar-refractivity contribution >= 4 is 22.5 Å². The van der Waals surface area contributed by atoms with Gasteiger partial charge in [0.1, 0.15) is 0 Å². The number of amides is 2. The Morgan fingerprint density at radius 3 is 2.42 bits per heavy atom. The van der Waals surface area contributed by atoms with Gasteiger partial charge in [-0.2, -0.15) is 0 Å². The first-order valence-corrected chi connectivity index (χ1v) is 13.7. The fourth-order valence-corrected chi connectivity index (χ4v) is 6.13. The lowest BCUT2D eigenvalue weighted by molar-refractivity contribution is 0.0260. The van der Waals surface area contributed by atoms with Gasteiger partial charge in [-0.15, -0.1) is 0 Å². The van der Waals surface area contributed by atoms with Gasteiger partial charge in [0.25, 0.3) is 0 Å². The number of nitrogens with zero attached hydrogens (tertiary/aromatic N) is 4. The Kier molecular flexibility index (Phi) is 7.65. The summed E-state index contributed by atoms with van der Waals surface area (Å²) in [5.74, 6) is 0.643. The molecule has 7 nitrogen and oxygen atoms in total. The molecule has 0 bridgehead atoms. The van der Waals surface area contributed by atoms with Gasteiger partial charge in [0.15, 0.2) is 5.13 Å². The number of carbonyl (C=O) groups is 1. The minimum atomic E-state index is -0.0574. The highest BCUT2D eigenvalue weighted by atomic mass is 32.1. The molecule has 2 aromatic heterocycles. The van der Waals surface area contributed by atoms with E-state index in [1.807, 2.05) is 18.7 Å². The molecule has 0 radical (unpaired) electrons. The molecule has 1 N–H and O–H groups in total. The zero-order chi connectivity index (χ0) is 25.1. The monoisotopic (exact) mass is 505 g/mol. The maximum Gasteiger partial charge on any atom is 0.323 e. The predicted octanol–water partition coefficient (Wildman–Crippen LogP) is 5.37. The molecule has 36 heavy (non-hydrogen) atoms. The molecule has 1 aromatic carbocycles. The van der Waals surface area contributed by atoms with Crippen molar-refractivity contribution in [2.24, 2.45) is 5.92 Å². The van der Waals surface area contributed by atoms with Crippen LogP contribution in [0.15, 0.2) is 36.4 Å². The number of nitrogens with one attached hydrogen (secondary N) is 1. The van der Waals surface area contributed by atoms with E-state index in [0.29, 0.717) is 11.0 Å². The Morgan fingerprint density at radius 2 is 1.72 bits per heavy atom. The van der Waals surface area contributed by atoms with E-state index >= 15 is 0 Å². The van der Waals surface area contributed by atoms with Gasteiger partial charge in [-0.1, -0.05) is 35.1 Å². The van der Waals surface area contributed by atoms with Gasteiger partial charge >= 0.3 is 6.03 Å². The van der Waals surface area contributed by atoms with Crippen molar-refractivity contribution in [3.05, 3.63) is 53.3 Å². The van der Waals surface area contributed by atoms with Crippen LogP contribution in [-0.2, 0) is 4.74 Å². The highest BCUT2D eigenvalue weighted by molar-refractivity contribution is 7.19. The number of aryl methyl sites for hydroxylation is 3. The van der Waals surface area contributed by atoms with Crippen molar-refractivity contribution in [3.8, 4) is 21.7 Å². The van der Waals surface area contributed by atoms with Gasteiger partial charge in [-0.05, 0) is 63.3 Å². The Balaban J connectivity index is 1.30. The van der Waals surface area contributed by atoms with Crippen LogP contribution >= 0.6 is 11.3 Å². The van der Waals surface area contributed by atoms with Crippen LogP contribution in [0, 0.1) is 26.7 Å². The number of thiazole rings is 1. The SMILES string of the molecule is Cc1cccc(-c2nc(NC(=O)N3CCC(CN4CCOCC4)CC3)sc2-c2cc(C)nc(C)c2)c1. The van der Waals surface area contributed by atoms with Crippen molar-refractivity contribution in [1.82, 2.24) is 19.8 Å². The zero-order valence-electron chi connectivity index (χ0n) is 21.4. The number of hydrogen-bond acceptors (Lipinski definition) is 6. The molecular formula is C28H35N5O2S. The smallest absolute Gasteiger partial charge is 0.323 e. The lowest BCUT2D eigenvalue weighted by Gasteiger charge is -2.35. The molecule has 0 unspecified atom stereocenters. The number of rotatable bonds is 5. The highest BCUT2D eigenvalue weighted by Crippen LogP contribution is 2.40. The molecule has 8 heteroatoms. The Hall–Kier alpha value is -2.81. The van der Waals surface area contributed by atoms with E-state index in [-0.39, 0.29) is 6.03 Å². The summed E-state index contributed by atoms with van der Waals surface area (Å²) in [6, 6.07) is 12.5. The maximum atomic E-state index is 13.2. The van der Waals surface area contributed by atoms with Crippen molar-refractivity contribution in [2.75, 3.05) is 51.3 Å². The molecule has 2 aliphatic heterocycles. The van der Waals surface area contributed by atoms with E-state index in [2.05, 4.69) is 58.5 Å². The fraction of sp³-hybridized carbons (Fsp3) is 0.464. The van der Waals surface area contributed by atoms with Gasteiger partial charge < -0.3 is 9.64 Å². The lowest BCUT2D eigenvalue weighted by Crippen LogP contribution is -2.45. The van der Waals surface area contributed by atoms with E-state index in [1.165, 1.54) is 16.9 Å². The fourth-order valence-electron chi connectivity index (χ4n) is 5.16. The van der Waals surface area contributed by atoms with Gasteiger partial charge in [0.05, 0.1) is 23.8 Å². The number of hydrogen-bond donors (Lipinski definition) is 1. The average molecular weight is 506 g/mol. The minimum absolute atomic E-state index is 0.0574.